The number of nitrogens with zero attached hydrogens (tertiary/aromatic N) is 4. The van der Waals surface area contributed by atoms with E-state index < -0.39 is 11.7 Å². The van der Waals surface area contributed by atoms with Crippen molar-refractivity contribution in [1.82, 2.24) is 14.7 Å². The molecular formula is C19H23F3N4O. The molecule has 2 aromatic rings. The van der Waals surface area contributed by atoms with Gasteiger partial charge in [-0.2, -0.15) is 18.3 Å². The summed E-state index contributed by atoms with van der Waals surface area (Å²) in [7, 11) is 0. The third-order valence-corrected chi connectivity index (χ3v) is 4.76. The van der Waals surface area contributed by atoms with Gasteiger partial charge in [0, 0.05) is 51.0 Å². The maximum absolute atomic E-state index is 12.9. The third kappa shape index (κ3) is 5.09. The minimum atomic E-state index is -4.32. The fourth-order valence-electron chi connectivity index (χ4n) is 3.26. The third-order valence-electron chi connectivity index (χ3n) is 4.76. The van der Waals surface area contributed by atoms with E-state index in [1.165, 1.54) is 22.9 Å². The number of aryl methyl sites for hydroxylation is 2. The molecule has 146 valence electrons. The van der Waals surface area contributed by atoms with E-state index in [2.05, 4.69) is 10.00 Å². The Morgan fingerprint density at radius 2 is 1.78 bits per heavy atom. The molecule has 1 saturated heterocycles. The van der Waals surface area contributed by atoms with E-state index in [4.69, 9.17) is 0 Å². The zero-order valence-electron chi connectivity index (χ0n) is 15.2. The highest BCUT2D eigenvalue weighted by atomic mass is 19.4. The van der Waals surface area contributed by atoms with Crippen LogP contribution in [0.1, 0.15) is 17.7 Å². The molecule has 8 heteroatoms. The average molecular weight is 380 g/mol. The lowest BCUT2D eigenvalue weighted by Crippen LogP contribution is -2.46. The van der Waals surface area contributed by atoms with E-state index in [1.54, 1.807) is 12.1 Å². The largest absolute Gasteiger partial charge is 0.416 e. The van der Waals surface area contributed by atoms with Crippen molar-refractivity contribution in [2.75, 3.05) is 37.6 Å². The van der Waals surface area contributed by atoms with Crippen LogP contribution in [0.4, 0.5) is 18.9 Å². The van der Waals surface area contributed by atoms with Gasteiger partial charge in [0.15, 0.2) is 0 Å². The highest BCUT2D eigenvalue weighted by Crippen LogP contribution is 2.31. The van der Waals surface area contributed by atoms with Gasteiger partial charge in [-0.15, -0.1) is 0 Å². The van der Waals surface area contributed by atoms with Gasteiger partial charge in [0.05, 0.1) is 11.3 Å². The summed E-state index contributed by atoms with van der Waals surface area (Å²) in [6, 6.07) is 8.71. The van der Waals surface area contributed by atoms with Crippen LogP contribution in [0, 0.1) is 6.92 Å². The summed E-state index contributed by atoms with van der Waals surface area (Å²) in [6.45, 7) is 6.18. The molecule has 0 amide bonds. The van der Waals surface area contributed by atoms with Gasteiger partial charge in [0.2, 0.25) is 0 Å². The summed E-state index contributed by atoms with van der Waals surface area (Å²) >= 11 is 0. The van der Waals surface area contributed by atoms with Crippen LogP contribution in [0.3, 0.4) is 0 Å². The predicted molar refractivity (Wildman–Crippen MR) is 97.9 cm³/mol. The number of aromatic nitrogens is 2. The number of anilines is 1. The van der Waals surface area contributed by atoms with Crippen molar-refractivity contribution in [3.05, 3.63) is 58.0 Å². The molecule has 0 bridgehead atoms. The number of alkyl halides is 3. The highest BCUT2D eigenvalue weighted by Gasteiger charge is 2.31. The Labute approximate surface area is 156 Å². The van der Waals surface area contributed by atoms with Crippen LogP contribution in [0.15, 0.2) is 41.2 Å². The van der Waals surface area contributed by atoms with Gasteiger partial charge in [-0.05, 0) is 37.6 Å². The monoisotopic (exact) mass is 380 g/mol. The Balaban J connectivity index is 1.49. The molecule has 3 rings (SSSR count). The molecule has 0 radical (unpaired) electrons. The zero-order valence-corrected chi connectivity index (χ0v) is 15.2. The Morgan fingerprint density at radius 3 is 2.48 bits per heavy atom. The molecule has 1 aliphatic rings. The van der Waals surface area contributed by atoms with Crippen molar-refractivity contribution in [2.24, 2.45) is 0 Å². The average Bonchev–Trinajstić information content (AvgIpc) is 2.64. The zero-order chi connectivity index (χ0) is 19.4. The second kappa shape index (κ2) is 8.12. The molecule has 0 spiro atoms. The van der Waals surface area contributed by atoms with Gasteiger partial charge >= 0.3 is 6.18 Å². The lowest BCUT2D eigenvalue weighted by atomic mass is 10.1. The minimum Gasteiger partial charge on any atom is -0.369 e. The summed E-state index contributed by atoms with van der Waals surface area (Å²) < 4.78 is 40.1. The maximum Gasteiger partial charge on any atom is 0.416 e. The van der Waals surface area contributed by atoms with Crippen LogP contribution < -0.4 is 10.5 Å². The van der Waals surface area contributed by atoms with Gasteiger partial charge in [-0.3, -0.25) is 9.69 Å². The van der Waals surface area contributed by atoms with Crippen molar-refractivity contribution in [3.63, 3.8) is 0 Å². The number of hydrogen-bond donors (Lipinski definition) is 0. The quantitative estimate of drug-likeness (QED) is 0.800. The van der Waals surface area contributed by atoms with Gasteiger partial charge < -0.3 is 4.90 Å². The van der Waals surface area contributed by atoms with E-state index in [-0.39, 0.29) is 5.56 Å². The van der Waals surface area contributed by atoms with Gasteiger partial charge in [-0.25, -0.2) is 4.68 Å². The summed E-state index contributed by atoms with van der Waals surface area (Å²) in [6.07, 6.45) is -3.51. The Morgan fingerprint density at radius 1 is 1.04 bits per heavy atom. The van der Waals surface area contributed by atoms with Gasteiger partial charge in [0.1, 0.15) is 0 Å². The van der Waals surface area contributed by atoms with E-state index in [0.29, 0.717) is 25.3 Å². The van der Waals surface area contributed by atoms with E-state index in [1.807, 2.05) is 11.8 Å². The van der Waals surface area contributed by atoms with Crippen molar-refractivity contribution < 1.29 is 13.2 Å². The van der Waals surface area contributed by atoms with Gasteiger partial charge in [0.25, 0.3) is 5.56 Å². The van der Waals surface area contributed by atoms with Crippen LogP contribution in [0.25, 0.3) is 0 Å². The summed E-state index contributed by atoms with van der Waals surface area (Å²) in [4.78, 5) is 16.0. The lowest BCUT2D eigenvalue weighted by molar-refractivity contribution is -0.137. The molecule has 0 aliphatic carbocycles. The van der Waals surface area contributed by atoms with Crippen LogP contribution in [-0.4, -0.2) is 47.4 Å². The van der Waals surface area contributed by atoms with Crippen LogP contribution in [0.5, 0.6) is 0 Å². The second-order valence-electron chi connectivity index (χ2n) is 6.77. The van der Waals surface area contributed by atoms with Crippen LogP contribution in [0.2, 0.25) is 0 Å². The molecule has 1 aliphatic heterocycles. The van der Waals surface area contributed by atoms with E-state index >= 15 is 0 Å². The molecule has 1 fully saturated rings. The molecule has 0 saturated carbocycles. The molecule has 0 N–H and O–H groups in total. The first kappa shape index (κ1) is 19.4. The smallest absolute Gasteiger partial charge is 0.369 e. The van der Waals surface area contributed by atoms with Crippen molar-refractivity contribution in [3.8, 4) is 0 Å². The van der Waals surface area contributed by atoms with Crippen LogP contribution >= 0.6 is 0 Å². The second-order valence-corrected chi connectivity index (χ2v) is 6.77. The summed E-state index contributed by atoms with van der Waals surface area (Å²) in [5.41, 5.74) is 0.706. The summed E-state index contributed by atoms with van der Waals surface area (Å²) in [5, 5.41) is 4.22. The molecule has 5 nitrogen and oxygen atoms in total. The first-order valence-corrected chi connectivity index (χ1v) is 9.02. The first-order valence-electron chi connectivity index (χ1n) is 9.02. The Bertz CT molecular complexity index is 826. The normalized spacial score (nSPS) is 15.9. The molecular weight excluding hydrogens is 357 g/mol. The number of halogens is 3. The SMILES string of the molecule is Cc1ccc(=O)n(CCCN2CCN(c3cccc(C(F)(F)F)c3)CC2)n1. The number of hydrogen-bond acceptors (Lipinski definition) is 4. The lowest BCUT2D eigenvalue weighted by Gasteiger charge is -2.36. The number of rotatable bonds is 5. The fraction of sp³-hybridized carbons (Fsp3) is 0.474. The minimum absolute atomic E-state index is 0.102. The maximum atomic E-state index is 12.9. The van der Waals surface area contributed by atoms with Crippen molar-refractivity contribution >= 4 is 5.69 Å². The van der Waals surface area contributed by atoms with Crippen molar-refractivity contribution in [2.45, 2.75) is 26.1 Å². The standard InChI is InChI=1S/C19H23F3N4O/c1-15-6-7-18(27)26(23-15)9-3-8-24-10-12-25(13-11-24)17-5-2-4-16(14-17)19(20,21)22/h2,4-7,14H,3,8-13H2,1H3. The topological polar surface area (TPSA) is 41.4 Å². The first-order chi connectivity index (χ1) is 12.8. The number of piperazine rings is 1. The molecule has 0 unspecified atom stereocenters. The van der Waals surface area contributed by atoms with Gasteiger partial charge in [-0.1, -0.05) is 6.07 Å². The molecule has 1 aromatic heterocycles. The molecule has 27 heavy (non-hydrogen) atoms. The Kier molecular flexibility index (Phi) is 5.84. The van der Waals surface area contributed by atoms with E-state index in [0.717, 1.165) is 37.8 Å². The molecule has 0 atom stereocenters. The Hall–Kier alpha value is -2.35. The van der Waals surface area contributed by atoms with Crippen LogP contribution in [-0.2, 0) is 12.7 Å². The van der Waals surface area contributed by atoms with Crippen molar-refractivity contribution in [1.29, 1.82) is 0 Å². The number of benzene rings is 1. The molecule has 1 aromatic carbocycles. The highest BCUT2D eigenvalue weighted by molar-refractivity contribution is 5.49. The summed E-state index contributed by atoms with van der Waals surface area (Å²) in [5.74, 6) is 0. The molecule has 2 heterocycles. The fourth-order valence-corrected chi connectivity index (χ4v) is 3.26. The van der Waals surface area contributed by atoms with E-state index in [9.17, 15) is 18.0 Å². The predicted octanol–water partition coefficient (Wildman–Crippen LogP) is 2.78.